The Kier molecular flexibility index (Phi) is 5.66. The van der Waals surface area contributed by atoms with Gasteiger partial charge in [0.2, 0.25) is 0 Å². The molecule has 0 saturated carbocycles. The second kappa shape index (κ2) is 8.33. The van der Waals surface area contributed by atoms with E-state index in [1.165, 1.54) is 17.4 Å². The highest BCUT2D eigenvalue weighted by Crippen LogP contribution is 2.21. The Morgan fingerprint density at radius 1 is 1.11 bits per heavy atom. The molecule has 1 aromatic heterocycles. The molecule has 0 radical (unpaired) electrons. The first-order valence-electron chi connectivity index (χ1n) is 9.24. The van der Waals surface area contributed by atoms with Crippen molar-refractivity contribution in [2.45, 2.75) is 6.54 Å². The summed E-state index contributed by atoms with van der Waals surface area (Å²) in [5.74, 6) is -0.253. The number of halogens is 1. The van der Waals surface area contributed by atoms with Crippen molar-refractivity contribution in [1.82, 2.24) is 14.8 Å². The van der Waals surface area contributed by atoms with Crippen LogP contribution in [0.4, 0.5) is 10.1 Å². The van der Waals surface area contributed by atoms with Gasteiger partial charge in [0, 0.05) is 44.6 Å². The molecule has 1 aromatic carbocycles. The Labute approximate surface area is 162 Å². The van der Waals surface area contributed by atoms with Crippen molar-refractivity contribution < 1.29 is 13.9 Å². The molecule has 144 valence electrons. The molecule has 2 fully saturated rings. The van der Waals surface area contributed by atoms with Crippen LogP contribution >= 0.6 is 11.3 Å². The lowest BCUT2D eigenvalue weighted by Gasteiger charge is -2.35. The fourth-order valence-electron chi connectivity index (χ4n) is 3.45. The maximum Gasteiger partial charge on any atom is 0.273 e. The van der Waals surface area contributed by atoms with E-state index >= 15 is 0 Å². The fraction of sp³-hybridized carbons (Fsp3) is 0.474. The van der Waals surface area contributed by atoms with Crippen LogP contribution in [-0.2, 0) is 11.3 Å². The van der Waals surface area contributed by atoms with Gasteiger partial charge in [0.1, 0.15) is 16.5 Å². The van der Waals surface area contributed by atoms with Crippen molar-refractivity contribution in [2.75, 3.05) is 57.4 Å². The Morgan fingerprint density at radius 2 is 1.85 bits per heavy atom. The smallest absolute Gasteiger partial charge is 0.273 e. The van der Waals surface area contributed by atoms with E-state index < -0.39 is 0 Å². The quantitative estimate of drug-likeness (QED) is 0.800. The molecule has 3 heterocycles. The van der Waals surface area contributed by atoms with Crippen molar-refractivity contribution in [3.05, 3.63) is 46.2 Å². The molecule has 4 rings (SSSR count). The predicted octanol–water partition coefficient (Wildman–Crippen LogP) is 2.08. The zero-order chi connectivity index (χ0) is 18.6. The molecule has 6 nitrogen and oxygen atoms in total. The van der Waals surface area contributed by atoms with Gasteiger partial charge in [-0.25, -0.2) is 9.37 Å². The lowest BCUT2D eigenvalue weighted by atomic mass is 10.2. The number of hydrogen-bond donors (Lipinski definition) is 0. The number of rotatable bonds is 4. The molecular weight excluding hydrogens is 367 g/mol. The summed E-state index contributed by atoms with van der Waals surface area (Å²) < 4.78 is 19.3. The zero-order valence-corrected chi connectivity index (χ0v) is 16.0. The van der Waals surface area contributed by atoms with E-state index in [4.69, 9.17) is 4.74 Å². The largest absolute Gasteiger partial charge is 0.379 e. The fourth-order valence-corrected chi connectivity index (χ4v) is 4.26. The van der Waals surface area contributed by atoms with Crippen LogP contribution in [0.3, 0.4) is 0 Å². The number of nitrogens with zero attached hydrogens (tertiary/aromatic N) is 4. The summed E-state index contributed by atoms with van der Waals surface area (Å²) in [6.45, 7) is 6.47. The molecule has 1 amide bonds. The lowest BCUT2D eigenvalue weighted by Crippen LogP contribution is -2.49. The van der Waals surface area contributed by atoms with Crippen LogP contribution < -0.4 is 4.90 Å². The first-order valence-corrected chi connectivity index (χ1v) is 10.1. The van der Waals surface area contributed by atoms with Crippen molar-refractivity contribution in [3.63, 3.8) is 0 Å². The highest BCUT2D eigenvalue weighted by molar-refractivity contribution is 7.09. The third kappa shape index (κ3) is 4.28. The molecule has 0 aliphatic carbocycles. The molecule has 8 heteroatoms. The monoisotopic (exact) mass is 390 g/mol. The number of morpholine rings is 1. The Balaban J connectivity index is 1.33. The minimum absolute atomic E-state index is 0.0346. The normalized spacial score (nSPS) is 18.7. The topological polar surface area (TPSA) is 48.9 Å². The molecule has 0 atom stereocenters. The van der Waals surface area contributed by atoms with Crippen LogP contribution in [0.2, 0.25) is 0 Å². The number of benzene rings is 1. The Bertz CT molecular complexity index is 786. The number of aromatic nitrogens is 1. The van der Waals surface area contributed by atoms with Gasteiger partial charge < -0.3 is 14.5 Å². The van der Waals surface area contributed by atoms with Gasteiger partial charge in [-0.2, -0.15) is 0 Å². The maximum absolute atomic E-state index is 13.9. The number of para-hydroxylation sites is 1. The molecule has 0 N–H and O–H groups in total. The van der Waals surface area contributed by atoms with Crippen LogP contribution in [-0.4, -0.2) is 73.2 Å². The van der Waals surface area contributed by atoms with Gasteiger partial charge in [0.05, 0.1) is 25.4 Å². The number of anilines is 1. The van der Waals surface area contributed by atoms with E-state index in [9.17, 15) is 9.18 Å². The average molecular weight is 390 g/mol. The number of hydrogen-bond acceptors (Lipinski definition) is 6. The van der Waals surface area contributed by atoms with Gasteiger partial charge in [0.25, 0.3) is 5.91 Å². The number of carbonyl (C=O) groups excluding carboxylic acids is 1. The van der Waals surface area contributed by atoms with Gasteiger partial charge in [-0.3, -0.25) is 9.69 Å². The summed E-state index contributed by atoms with van der Waals surface area (Å²) in [7, 11) is 0. The van der Waals surface area contributed by atoms with Gasteiger partial charge in [-0.05, 0) is 12.1 Å². The van der Waals surface area contributed by atoms with Crippen LogP contribution in [0, 0.1) is 5.82 Å². The highest BCUT2D eigenvalue weighted by atomic mass is 32.1. The first-order chi connectivity index (χ1) is 13.2. The van der Waals surface area contributed by atoms with E-state index in [0.29, 0.717) is 37.6 Å². The number of carbonyl (C=O) groups is 1. The van der Waals surface area contributed by atoms with Crippen molar-refractivity contribution in [1.29, 1.82) is 0 Å². The average Bonchev–Trinajstić information content (AvgIpc) is 3.17. The van der Waals surface area contributed by atoms with Crippen molar-refractivity contribution in [2.24, 2.45) is 0 Å². The number of ether oxygens (including phenoxy) is 1. The zero-order valence-electron chi connectivity index (χ0n) is 15.1. The molecule has 0 unspecified atom stereocenters. The van der Waals surface area contributed by atoms with Gasteiger partial charge in [-0.15, -0.1) is 11.3 Å². The number of thiazole rings is 1. The van der Waals surface area contributed by atoms with Crippen molar-refractivity contribution >= 4 is 22.9 Å². The summed E-state index contributed by atoms with van der Waals surface area (Å²) in [5, 5.41) is 2.81. The second-order valence-electron chi connectivity index (χ2n) is 6.75. The molecule has 2 aromatic rings. The number of piperazine rings is 1. The summed E-state index contributed by atoms with van der Waals surface area (Å²) in [4.78, 5) is 23.4. The van der Waals surface area contributed by atoms with Crippen LogP contribution in [0.25, 0.3) is 0 Å². The SMILES string of the molecule is O=C(c1csc(CN2CCOCC2)n1)N1CCN(c2ccccc2F)CC1. The maximum atomic E-state index is 13.9. The third-order valence-corrected chi connectivity index (χ3v) is 5.83. The predicted molar refractivity (Wildman–Crippen MR) is 103 cm³/mol. The van der Waals surface area contributed by atoms with Gasteiger partial charge >= 0.3 is 0 Å². The Hall–Kier alpha value is -2.03. The third-order valence-electron chi connectivity index (χ3n) is 4.99. The van der Waals surface area contributed by atoms with E-state index in [2.05, 4.69) is 9.88 Å². The summed E-state index contributed by atoms with van der Waals surface area (Å²) in [5.41, 5.74) is 1.12. The molecule has 27 heavy (non-hydrogen) atoms. The second-order valence-corrected chi connectivity index (χ2v) is 7.69. The van der Waals surface area contributed by atoms with Gasteiger partial charge in [-0.1, -0.05) is 12.1 Å². The van der Waals surface area contributed by atoms with Crippen LogP contribution in [0.1, 0.15) is 15.5 Å². The van der Waals surface area contributed by atoms with E-state index in [1.54, 1.807) is 12.1 Å². The molecule has 2 saturated heterocycles. The molecular formula is C19H23FN4O2S. The summed E-state index contributed by atoms with van der Waals surface area (Å²) in [6.07, 6.45) is 0. The molecule has 2 aliphatic rings. The standard InChI is InChI=1S/C19H23FN4O2S/c20-15-3-1-2-4-17(15)23-5-7-24(8-6-23)19(25)16-14-27-18(21-16)13-22-9-11-26-12-10-22/h1-4,14H,5-13H2. The minimum Gasteiger partial charge on any atom is -0.379 e. The highest BCUT2D eigenvalue weighted by Gasteiger charge is 2.25. The summed E-state index contributed by atoms with van der Waals surface area (Å²) >= 11 is 1.53. The summed E-state index contributed by atoms with van der Waals surface area (Å²) in [6, 6.07) is 6.78. The van der Waals surface area contributed by atoms with Crippen LogP contribution in [0.5, 0.6) is 0 Å². The Morgan fingerprint density at radius 3 is 2.59 bits per heavy atom. The van der Waals surface area contributed by atoms with E-state index in [0.717, 1.165) is 37.9 Å². The van der Waals surface area contributed by atoms with E-state index in [-0.39, 0.29) is 11.7 Å². The lowest BCUT2D eigenvalue weighted by molar-refractivity contribution is 0.0341. The molecule has 2 aliphatic heterocycles. The van der Waals surface area contributed by atoms with Crippen LogP contribution in [0.15, 0.2) is 29.6 Å². The first kappa shape index (κ1) is 18.3. The molecule has 0 spiro atoms. The van der Waals surface area contributed by atoms with Crippen molar-refractivity contribution in [3.8, 4) is 0 Å². The van der Waals surface area contributed by atoms with Gasteiger partial charge in [0.15, 0.2) is 0 Å². The minimum atomic E-state index is -0.218. The number of amides is 1. The van der Waals surface area contributed by atoms with E-state index in [1.807, 2.05) is 21.2 Å². The molecule has 0 bridgehead atoms.